The van der Waals surface area contributed by atoms with Crippen LogP contribution in [0.5, 0.6) is 5.75 Å². The van der Waals surface area contributed by atoms with Crippen molar-refractivity contribution < 1.29 is 9.53 Å². The van der Waals surface area contributed by atoms with E-state index in [1.807, 2.05) is 37.3 Å². The highest BCUT2D eigenvalue weighted by Crippen LogP contribution is 2.53. The first kappa shape index (κ1) is 14.1. The second-order valence-electron chi connectivity index (χ2n) is 7.54. The van der Waals surface area contributed by atoms with Crippen molar-refractivity contribution in [2.75, 3.05) is 0 Å². The Morgan fingerprint density at radius 1 is 1.05 bits per heavy atom. The zero-order valence-electron chi connectivity index (χ0n) is 13.2. The van der Waals surface area contributed by atoms with E-state index in [1.165, 1.54) is 32.1 Å². The van der Waals surface area contributed by atoms with E-state index in [4.69, 9.17) is 4.74 Å². The third-order valence-electron chi connectivity index (χ3n) is 5.96. The van der Waals surface area contributed by atoms with Gasteiger partial charge in [-0.3, -0.25) is 4.79 Å². The van der Waals surface area contributed by atoms with Crippen LogP contribution in [0.2, 0.25) is 0 Å². The highest BCUT2D eigenvalue weighted by Gasteiger charge is 2.48. The zero-order chi connectivity index (χ0) is 15.1. The summed E-state index contributed by atoms with van der Waals surface area (Å²) in [5.74, 6) is 4.10. The van der Waals surface area contributed by atoms with Gasteiger partial charge in [-0.2, -0.15) is 0 Å². The maximum Gasteiger partial charge on any atom is 0.261 e. The minimum Gasteiger partial charge on any atom is -0.481 e. The average Bonchev–Trinajstić information content (AvgIpc) is 2.51. The van der Waals surface area contributed by atoms with Gasteiger partial charge >= 0.3 is 0 Å². The van der Waals surface area contributed by atoms with Crippen LogP contribution in [0.1, 0.15) is 39.0 Å². The van der Waals surface area contributed by atoms with Crippen molar-refractivity contribution in [3.8, 4) is 5.75 Å². The maximum atomic E-state index is 12.5. The molecule has 4 saturated carbocycles. The Labute approximate surface area is 132 Å². The largest absolute Gasteiger partial charge is 0.481 e. The second-order valence-corrected chi connectivity index (χ2v) is 7.54. The Balaban J connectivity index is 1.37. The van der Waals surface area contributed by atoms with Gasteiger partial charge in [0, 0.05) is 6.04 Å². The first-order valence-corrected chi connectivity index (χ1v) is 8.71. The summed E-state index contributed by atoms with van der Waals surface area (Å²) in [6.07, 6.45) is 6.32. The van der Waals surface area contributed by atoms with Crippen molar-refractivity contribution >= 4 is 5.91 Å². The summed E-state index contributed by atoms with van der Waals surface area (Å²) < 4.78 is 5.76. The molecule has 3 nitrogen and oxygen atoms in total. The van der Waals surface area contributed by atoms with Gasteiger partial charge in [-0.25, -0.2) is 0 Å². The molecule has 0 aromatic heterocycles. The van der Waals surface area contributed by atoms with E-state index in [9.17, 15) is 4.79 Å². The van der Waals surface area contributed by atoms with Gasteiger partial charge in [-0.05, 0) is 74.8 Å². The molecule has 1 aromatic carbocycles. The number of amides is 1. The molecule has 5 rings (SSSR count). The summed E-state index contributed by atoms with van der Waals surface area (Å²) in [5.41, 5.74) is 0. The summed E-state index contributed by atoms with van der Waals surface area (Å²) in [6, 6.07) is 9.99. The predicted octanol–water partition coefficient (Wildman–Crippen LogP) is 3.39. The van der Waals surface area contributed by atoms with E-state index >= 15 is 0 Å². The Hall–Kier alpha value is -1.51. The number of carbonyl (C=O) groups is 1. The Kier molecular flexibility index (Phi) is 3.59. The van der Waals surface area contributed by atoms with Crippen molar-refractivity contribution in [2.24, 2.45) is 23.7 Å². The van der Waals surface area contributed by atoms with Crippen molar-refractivity contribution in [2.45, 2.75) is 51.2 Å². The van der Waals surface area contributed by atoms with E-state index in [1.54, 1.807) is 0 Å². The van der Waals surface area contributed by atoms with Crippen LogP contribution in [0.3, 0.4) is 0 Å². The number of carbonyl (C=O) groups excluding carboxylic acids is 1. The fourth-order valence-electron chi connectivity index (χ4n) is 5.20. The quantitative estimate of drug-likeness (QED) is 0.925. The number of rotatable bonds is 4. The minimum absolute atomic E-state index is 0.0429. The van der Waals surface area contributed by atoms with Crippen LogP contribution < -0.4 is 10.1 Å². The van der Waals surface area contributed by atoms with Gasteiger partial charge in [0.05, 0.1) is 0 Å². The third-order valence-corrected chi connectivity index (χ3v) is 5.96. The Morgan fingerprint density at radius 3 is 2.23 bits per heavy atom. The van der Waals surface area contributed by atoms with Crippen LogP contribution in [0.4, 0.5) is 0 Å². The Morgan fingerprint density at radius 2 is 1.64 bits per heavy atom. The molecule has 0 aliphatic heterocycles. The van der Waals surface area contributed by atoms with Crippen LogP contribution in [0.15, 0.2) is 30.3 Å². The summed E-state index contributed by atoms with van der Waals surface area (Å²) in [7, 11) is 0. The smallest absolute Gasteiger partial charge is 0.261 e. The third kappa shape index (κ3) is 2.62. The average molecular weight is 299 g/mol. The molecule has 0 radical (unpaired) electrons. The van der Waals surface area contributed by atoms with Gasteiger partial charge in [0.15, 0.2) is 6.10 Å². The number of hydrogen-bond donors (Lipinski definition) is 1. The van der Waals surface area contributed by atoms with Crippen molar-refractivity contribution in [1.29, 1.82) is 0 Å². The molecule has 4 aliphatic carbocycles. The van der Waals surface area contributed by atoms with E-state index in [-0.39, 0.29) is 5.91 Å². The summed E-state index contributed by atoms with van der Waals surface area (Å²) in [5, 5.41) is 3.32. The minimum atomic E-state index is -0.431. The molecule has 118 valence electrons. The van der Waals surface area contributed by atoms with E-state index in [0.717, 1.165) is 17.6 Å². The van der Waals surface area contributed by atoms with Crippen molar-refractivity contribution in [3.63, 3.8) is 0 Å². The summed E-state index contributed by atoms with van der Waals surface area (Å²) in [6.45, 7) is 1.85. The molecule has 1 amide bonds. The molecule has 3 heteroatoms. The lowest BCUT2D eigenvalue weighted by Gasteiger charge is -2.54. The molecular weight excluding hydrogens is 274 g/mol. The normalized spacial score (nSPS) is 36.9. The molecule has 0 heterocycles. The lowest BCUT2D eigenvalue weighted by molar-refractivity contribution is -0.131. The number of para-hydroxylation sites is 1. The molecule has 4 bridgehead atoms. The van der Waals surface area contributed by atoms with E-state index in [0.29, 0.717) is 17.9 Å². The van der Waals surface area contributed by atoms with Gasteiger partial charge in [0.1, 0.15) is 5.75 Å². The van der Waals surface area contributed by atoms with Gasteiger partial charge in [-0.15, -0.1) is 0 Å². The lowest BCUT2D eigenvalue weighted by Crippen LogP contribution is -2.57. The number of hydrogen-bond acceptors (Lipinski definition) is 2. The summed E-state index contributed by atoms with van der Waals surface area (Å²) in [4.78, 5) is 12.5. The van der Waals surface area contributed by atoms with Crippen molar-refractivity contribution in [3.05, 3.63) is 30.3 Å². The van der Waals surface area contributed by atoms with Crippen LogP contribution in [0, 0.1) is 23.7 Å². The first-order chi connectivity index (χ1) is 10.7. The topological polar surface area (TPSA) is 38.3 Å². The van der Waals surface area contributed by atoms with Crippen LogP contribution >= 0.6 is 0 Å². The monoisotopic (exact) mass is 299 g/mol. The standard InChI is InChI=1S/C19H25NO2/c1-12(22-17-5-3-2-4-6-17)19(21)20-18-15-8-13-7-14(10-15)11-16(18)9-13/h2-6,12-16,18H,7-11H2,1H3,(H,20,21)/t12-,13?,14?,15?,16?,18?/m0/s1. The van der Waals surface area contributed by atoms with Crippen LogP contribution in [0.25, 0.3) is 0 Å². The highest BCUT2D eigenvalue weighted by atomic mass is 16.5. The number of nitrogens with one attached hydrogen (secondary N) is 1. The van der Waals surface area contributed by atoms with Crippen LogP contribution in [-0.4, -0.2) is 18.1 Å². The van der Waals surface area contributed by atoms with Gasteiger partial charge in [0.2, 0.25) is 0 Å². The second kappa shape index (κ2) is 5.60. The fraction of sp³-hybridized carbons (Fsp3) is 0.632. The maximum absolute atomic E-state index is 12.5. The molecule has 1 atom stereocenters. The van der Waals surface area contributed by atoms with Gasteiger partial charge in [0.25, 0.3) is 5.91 Å². The first-order valence-electron chi connectivity index (χ1n) is 8.71. The van der Waals surface area contributed by atoms with Gasteiger partial charge in [-0.1, -0.05) is 18.2 Å². The molecule has 0 unspecified atom stereocenters. The molecule has 0 spiro atoms. The molecular formula is C19H25NO2. The molecule has 4 fully saturated rings. The molecule has 1 N–H and O–H groups in total. The van der Waals surface area contributed by atoms with E-state index in [2.05, 4.69) is 5.32 Å². The Bertz CT molecular complexity index is 514. The molecule has 22 heavy (non-hydrogen) atoms. The molecule has 1 aromatic rings. The van der Waals surface area contributed by atoms with E-state index < -0.39 is 6.10 Å². The molecule has 4 aliphatic rings. The highest BCUT2D eigenvalue weighted by molar-refractivity contribution is 5.81. The number of ether oxygens (including phenoxy) is 1. The van der Waals surface area contributed by atoms with Gasteiger partial charge < -0.3 is 10.1 Å². The van der Waals surface area contributed by atoms with Crippen molar-refractivity contribution in [1.82, 2.24) is 5.32 Å². The predicted molar refractivity (Wildman–Crippen MR) is 85.5 cm³/mol. The molecule has 0 saturated heterocycles. The fourth-order valence-corrected chi connectivity index (χ4v) is 5.20. The van der Waals surface area contributed by atoms with Crippen LogP contribution in [-0.2, 0) is 4.79 Å². The number of benzene rings is 1. The summed E-state index contributed by atoms with van der Waals surface area (Å²) >= 11 is 0. The lowest BCUT2D eigenvalue weighted by atomic mass is 9.54. The zero-order valence-corrected chi connectivity index (χ0v) is 13.2. The SMILES string of the molecule is C[C@H](Oc1ccccc1)C(=O)NC1C2CC3CC(C2)CC1C3.